The standard InChI is InChI=1S/C20H28N6O/c1-24(20(27)17-11-23-25(2)13-17)12-15-6-8-26(9-7-15)19-10-18(21-14-22-19)16-4-3-5-16/h10-11,13-16H,3-9,12H2,1-2H3. The first-order valence-electron chi connectivity index (χ1n) is 9.91. The molecule has 4 rings (SSSR count). The number of anilines is 1. The van der Waals surface area contributed by atoms with Crippen molar-refractivity contribution in [1.29, 1.82) is 0 Å². The van der Waals surface area contributed by atoms with Crippen molar-refractivity contribution >= 4 is 11.7 Å². The molecule has 144 valence electrons. The van der Waals surface area contributed by atoms with Crippen LogP contribution in [0.25, 0.3) is 0 Å². The van der Waals surface area contributed by atoms with Crippen molar-refractivity contribution in [2.24, 2.45) is 13.0 Å². The summed E-state index contributed by atoms with van der Waals surface area (Å²) in [5.41, 5.74) is 1.86. The average molecular weight is 368 g/mol. The van der Waals surface area contributed by atoms with Crippen LogP contribution >= 0.6 is 0 Å². The van der Waals surface area contributed by atoms with Crippen molar-refractivity contribution in [2.75, 3.05) is 31.6 Å². The van der Waals surface area contributed by atoms with Crippen molar-refractivity contribution in [3.8, 4) is 0 Å². The van der Waals surface area contributed by atoms with Crippen LogP contribution in [-0.4, -0.2) is 57.2 Å². The van der Waals surface area contributed by atoms with Gasteiger partial charge in [-0.3, -0.25) is 9.48 Å². The number of piperidine rings is 1. The predicted octanol–water partition coefficient (Wildman–Crippen LogP) is 2.47. The highest BCUT2D eigenvalue weighted by Crippen LogP contribution is 2.36. The lowest BCUT2D eigenvalue weighted by atomic mass is 9.83. The van der Waals surface area contributed by atoms with Crippen LogP contribution < -0.4 is 4.90 Å². The maximum Gasteiger partial charge on any atom is 0.256 e. The third-order valence-corrected chi connectivity index (χ3v) is 5.97. The van der Waals surface area contributed by atoms with Gasteiger partial charge < -0.3 is 9.80 Å². The van der Waals surface area contributed by atoms with E-state index < -0.39 is 0 Å². The molecule has 3 heterocycles. The molecule has 2 aromatic heterocycles. The SMILES string of the molecule is CN(CC1CCN(c2cc(C3CCC3)ncn2)CC1)C(=O)c1cnn(C)c1. The van der Waals surface area contributed by atoms with Gasteiger partial charge in [0.1, 0.15) is 12.1 Å². The number of carbonyl (C=O) groups excluding carboxylic acids is 1. The minimum atomic E-state index is 0.0477. The van der Waals surface area contributed by atoms with Gasteiger partial charge in [0, 0.05) is 57.6 Å². The van der Waals surface area contributed by atoms with Gasteiger partial charge in [-0.05, 0) is 31.6 Å². The fraction of sp³-hybridized carbons (Fsp3) is 0.600. The smallest absolute Gasteiger partial charge is 0.256 e. The first-order chi connectivity index (χ1) is 13.1. The highest BCUT2D eigenvalue weighted by molar-refractivity contribution is 5.93. The number of hydrogen-bond acceptors (Lipinski definition) is 5. The van der Waals surface area contributed by atoms with Crippen LogP contribution in [0.4, 0.5) is 5.82 Å². The molecule has 1 saturated heterocycles. The maximum atomic E-state index is 12.5. The van der Waals surface area contributed by atoms with E-state index in [-0.39, 0.29) is 5.91 Å². The fourth-order valence-corrected chi connectivity index (χ4v) is 4.03. The number of aryl methyl sites for hydroxylation is 1. The Morgan fingerprint density at radius 2 is 2.00 bits per heavy atom. The van der Waals surface area contributed by atoms with E-state index in [0.717, 1.165) is 38.3 Å². The molecule has 0 spiro atoms. The summed E-state index contributed by atoms with van der Waals surface area (Å²) in [6.45, 7) is 2.76. The summed E-state index contributed by atoms with van der Waals surface area (Å²) in [4.78, 5) is 25.7. The predicted molar refractivity (Wildman–Crippen MR) is 104 cm³/mol. The third kappa shape index (κ3) is 3.96. The second kappa shape index (κ2) is 7.66. The van der Waals surface area contributed by atoms with Crippen molar-refractivity contribution in [2.45, 2.75) is 38.0 Å². The number of nitrogens with zero attached hydrogens (tertiary/aromatic N) is 6. The van der Waals surface area contributed by atoms with Crippen LogP contribution in [0.2, 0.25) is 0 Å². The Kier molecular flexibility index (Phi) is 5.09. The van der Waals surface area contributed by atoms with E-state index in [9.17, 15) is 4.79 Å². The number of aromatic nitrogens is 4. The van der Waals surface area contributed by atoms with E-state index in [1.54, 1.807) is 23.4 Å². The quantitative estimate of drug-likeness (QED) is 0.811. The summed E-state index contributed by atoms with van der Waals surface area (Å²) in [7, 11) is 3.72. The molecule has 0 radical (unpaired) electrons. The molecule has 1 aliphatic carbocycles. The van der Waals surface area contributed by atoms with Gasteiger partial charge in [-0.2, -0.15) is 5.10 Å². The molecule has 2 aliphatic rings. The molecule has 2 fully saturated rings. The van der Waals surface area contributed by atoms with Gasteiger partial charge in [-0.25, -0.2) is 9.97 Å². The second-order valence-electron chi connectivity index (χ2n) is 7.95. The van der Waals surface area contributed by atoms with Gasteiger partial charge in [0.05, 0.1) is 11.8 Å². The van der Waals surface area contributed by atoms with Crippen molar-refractivity contribution < 1.29 is 4.79 Å². The largest absolute Gasteiger partial charge is 0.356 e. The highest BCUT2D eigenvalue weighted by atomic mass is 16.2. The molecular weight excluding hydrogens is 340 g/mol. The molecule has 1 amide bonds. The van der Waals surface area contributed by atoms with Gasteiger partial charge >= 0.3 is 0 Å². The van der Waals surface area contributed by atoms with Crippen LogP contribution in [0.3, 0.4) is 0 Å². The van der Waals surface area contributed by atoms with Gasteiger partial charge in [0.15, 0.2) is 0 Å². The number of amides is 1. The van der Waals surface area contributed by atoms with Gasteiger partial charge in [-0.15, -0.1) is 0 Å². The summed E-state index contributed by atoms with van der Waals surface area (Å²) in [5.74, 6) is 2.27. The third-order valence-electron chi connectivity index (χ3n) is 5.97. The molecule has 0 bridgehead atoms. The highest BCUT2D eigenvalue weighted by Gasteiger charge is 2.25. The van der Waals surface area contributed by atoms with E-state index in [0.29, 0.717) is 17.4 Å². The molecule has 1 aliphatic heterocycles. The Morgan fingerprint density at radius 3 is 2.63 bits per heavy atom. The molecule has 7 heteroatoms. The van der Waals surface area contributed by atoms with Gasteiger partial charge in [0.2, 0.25) is 0 Å². The minimum absolute atomic E-state index is 0.0477. The Labute approximate surface area is 160 Å². The van der Waals surface area contributed by atoms with Crippen molar-refractivity contribution in [3.05, 3.63) is 36.0 Å². The zero-order chi connectivity index (χ0) is 18.8. The topological polar surface area (TPSA) is 67.2 Å². The molecule has 0 aromatic carbocycles. The Morgan fingerprint density at radius 1 is 1.22 bits per heavy atom. The lowest BCUT2D eigenvalue weighted by molar-refractivity contribution is 0.0765. The molecule has 0 unspecified atom stereocenters. The lowest BCUT2D eigenvalue weighted by Gasteiger charge is -2.35. The van der Waals surface area contributed by atoms with E-state index in [2.05, 4.69) is 26.0 Å². The van der Waals surface area contributed by atoms with Gasteiger partial charge in [0.25, 0.3) is 5.91 Å². The summed E-state index contributed by atoms with van der Waals surface area (Å²) >= 11 is 0. The van der Waals surface area contributed by atoms with E-state index in [1.807, 2.05) is 19.0 Å². The molecular formula is C20H28N6O. The maximum absolute atomic E-state index is 12.5. The first-order valence-corrected chi connectivity index (χ1v) is 9.91. The monoisotopic (exact) mass is 368 g/mol. The van der Waals surface area contributed by atoms with E-state index in [4.69, 9.17) is 0 Å². The number of hydrogen-bond donors (Lipinski definition) is 0. The second-order valence-corrected chi connectivity index (χ2v) is 7.95. The zero-order valence-corrected chi connectivity index (χ0v) is 16.2. The van der Waals surface area contributed by atoms with Crippen LogP contribution in [0.5, 0.6) is 0 Å². The normalized spacial score (nSPS) is 18.4. The van der Waals surface area contributed by atoms with E-state index >= 15 is 0 Å². The Bertz CT molecular complexity index is 791. The van der Waals surface area contributed by atoms with Crippen molar-refractivity contribution in [3.63, 3.8) is 0 Å². The van der Waals surface area contributed by atoms with Crippen molar-refractivity contribution in [1.82, 2.24) is 24.6 Å². The average Bonchev–Trinajstić information content (AvgIpc) is 3.07. The lowest BCUT2D eigenvalue weighted by Crippen LogP contribution is -2.39. The summed E-state index contributed by atoms with van der Waals surface area (Å²) in [5, 5.41) is 4.09. The molecule has 27 heavy (non-hydrogen) atoms. The van der Waals surface area contributed by atoms with Gasteiger partial charge in [-0.1, -0.05) is 6.42 Å². The Hall–Kier alpha value is -2.44. The molecule has 1 saturated carbocycles. The van der Waals surface area contributed by atoms with Crippen LogP contribution in [-0.2, 0) is 7.05 Å². The zero-order valence-electron chi connectivity index (χ0n) is 16.2. The van der Waals surface area contributed by atoms with E-state index in [1.165, 1.54) is 25.0 Å². The molecule has 0 atom stereocenters. The molecule has 7 nitrogen and oxygen atoms in total. The molecule has 2 aromatic rings. The fourth-order valence-electron chi connectivity index (χ4n) is 4.03. The first kappa shape index (κ1) is 17.9. The number of carbonyl (C=O) groups is 1. The Balaban J connectivity index is 1.30. The molecule has 0 N–H and O–H groups in total. The van der Waals surface area contributed by atoms with Crippen LogP contribution in [0, 0.1) is 5.92 Å². The summed E-state index contributed by atoms with van der Waals surface area (Å²) < 4.78 is 1.67. The number of rotatable bonds is 5. The van der Waals surface area contributed by atoms with Crippen LogP contribution in [0.1, 0.15) is 54.1 Å². The minimum Gasteiger partial charge on any atom is -0.356 e. The summed E-state index contributed by atoms with van der Waals surface area (Å²) in [6.07, 6.45) is 11.1. The summed E-state index contributed by atoms with van der Waals surface area (Å²) in [6, 6.07) is 2.18. The van der Waals surface area contributed by atoms with Crippen LogP contribution in [0.15, 0.2) is 24.8 Å².